The molecule has 0 atom stereocenters. The maximum Gasteiger partial charge on any atom is 0.336 e. The molecule has 0 amide bonds. The minimum atomic E-state index is -1.20. The van der Waals surface area contributed by atoms with Crippen molar-refractivity contribution in [2.75, 3.05) is 0 Å². The zero-order chi connectivity index (χ0) is 13.0. The van der Waals surface area contributed by atoms with Gasteiger partial charge >= 0.3 is 11.9 Å². The topological polar surface area (TPSA) is 72.8 Å². The van der Waals surface area contributed by atoms with Gasteiger partial charge in [0.25, 0.3) is 0 Å². The van der Waals surface area contributed by atoms with Crippen LogP contribution in [0.1, 0.15) is 5.56 Å². The monoisotopic (exact) mass is 246 g/mol. The first-order valence-corrected chi connectivity index (χ1v) is 5.21. The predicted molar refractivity (Wildman–Crippen MR) is 61.7 cm³/mol. The first kappa shape index (κ1) is 11.9. The van der Waals surface area contributed by atoms with Gasteiger partial charge in [0, 0.05) is 24.1 Å². The summed E-state index contributed by atoms with van der Waals surface area (Å²) >= 11 is 0. The summed E-state index contributed by atoms with van der Waals surface area (Å²) in [5.74, 6) is -0.884. The van der Waals surface area contributed by atoms with Gasteiger partial charge in [-0.3, -0.25) is 0 Å². The molecule has 2 rings (SSSR count). The highest BCUT2D eigenvalue weighted by atomic mass is 16.6. The van der Waals surface area contributed by atoms with E-state index in [9.17, 15) is 9.59 Å². The van der Waals surface area contributed by atoms with Crippen LogP contribution in [-0.2, 0) is 20.7 Å². The quantitative estimate of drug-likeness (QED) is 0.648. The summed E-state index contributed by atoms with van der Waals surface area (Å²) in [6, 6.07) is 7.38. The Hall–Kier alpha value is -2.56. The van der Waals surface area contributed by atoms with E-state index in [1.165, 1.54) is 6.26 Å². The molecule has 0 unspecified atom stereocenters. The SMILES string of the molecule is O=C(O)C=CC(=O)OC1=COc2ccccc2C1. The first-order valence-electron chi connectivity index (χ1n) is 5.21. The molecule has 1 aromatic carbocycles. The van der Waals surface area contributed by atoms with Crippen LogP contribution >= 0.6 is 0 Å². The largest absolute Gasteiger partial charge is 0.478 e. The van der Waals surface area contributed by atoms with E-state index < -0.39 is 11.9 Å². The Balaban J connectivity index is 1.99. The number of carbonyl (C=O) groups is 2. The van der Waals surface area contributed by atoms with E-state index in [1.54, 1.807) is 0 Å². The van der Waals surface area contributed by atoms with Gasteiger partial charge in [-0.1, -0.05) is 18.2 Å². The summed E-state index contributed by atoms with van der Waals surface area (Å²) in [5.41, 5.74) is 0.907. The van der Waals surface area contributed by atoms with Crippen molar-refractivity contribution in [2.24, 2.45) is 0 Å². The molecule has 1 heterocycles. The fourth-order valence-electron chi connectivity index (χ4n) is 1.49. The lowest BCUT2D eigenvalue weighted by molar-refractivity contribution is -0.135. The van der Waals surface area contributed by atoms with Crippen molar-refractivity contribution in [1.82, 2.24) is 0 Å². The molecule has 5 nitrogen and oxygen atoms in total. The lowest BCUT2D eigenvalue weighted by Crippen LogP contribution is -2.09. The molecule has 1 aromatic rings. The Morgan fingerprint density at radius 1 is 1.28 bits per heavy atom. The fraction of sp³-hybridized carbons (Fsp3) is 0.0769. The van der Waals surface area contributed by atoms with Gasteiger partial charge in [-0.25, -0.2) is 9.59 Å². The molecule has 0 bridgehead atoms. The average Bonchev–Trinajstić information content (AvgIpc) is 2.36. The summed E-state index contributed by atoms with van der Waals surface area (Å²) < 4.78 is 10.2. The van der Waals surface area contributed by atoms with Crippen molar-refractivity contribution >= 4 is 11.9 Å². The number of benzene rings is 1. The number of para-hydroxylation sites is 1. The van der Waals surface area contributed by atoms with E-state index in [0.717, 1.165) is 23.5 Å². The number of hydrogen-bond acceptors (Lipinski definition) is 4. The van der Waals surface area contributed by atoms with Crippen molar-refractivity contribution in [3.8, 4) is 5.75 Å². The Labute approximate surface area is 103 Å². The second kappa shape index (κ2) is 5.18. The molecule has 0 saturated carbocycles. The molecule has 0 radical (unpaired) electrons. The summed E-state index contributed by atoms with van der Waals surface area (Å²) in [6.07, 6.45) is 3.35. The average molecular weight is 246 g/mol. The van der Waals surface area contributed by atoms with Crippen LogP contribution in [0.3, 0.4) is 0 Å². The molecule has 0 saturated heterocycles. The maximum absolute atomic E-state index is 11.3. The van der Waals surface area contributed by atoms with Gasteiger partial charge < -0.3 is 14.6 Å². The van der Waals surface area contributed by atoms with Crippen LogP contribution in [0, 0.1) is 0 Å². The van der Waals surface area contributed by atoms with Gasteiger partial charge in [-0.05, 0) is 6.07 Å². The number of rotatable bonds is 3. The van der Waals surface area contributed by atoms with Crippen LogP contribution in [0.4, 0.5) is 0 Å². The van der Waals surface area contributed by atoms with Crippen molar-refractivity contribution in [3.63, 3.8) is 0 Å². The number of esters is 1. The fourth-order valence-corrected chi connectivity index (χ4v) is 1.49. The molecule has 1 N–H and O–H groups in total. The smallest absolute Gasteiger partial charge is 0.336 e. The Morgan fingerprint density at radius 3 is 2.83 bits per heavy atom. The summed E-state index contributed by atoms with van der Waals surface area (Å²) in [5, 5.41) is 8.36. The number of carboxylic acid groups (broad SMARTS) is 1. The van der Waals surface area contributed by atoms with Gasteiger partial charge in [-0.15, -0.1) is 0 Å². The van der Waals surface area contributed by atoms with Gasteiger partial charge in [0.2, 0.25) is 0 Å². The molecule has 18 heavy (non-hydrogen) atoms. The van der Waals surface area contributed by atoms with Crippen LogP contribution in [0.15, 0.2) is 48.4 Å². The van der Waals surface area contributed by atoms with Gasteiger partial charge in [0.05, 0.1) is 0 Å². The van der Waals surface area contributed by atoms with E-state index in [1.807, 2.05) is 24.3 Å². The molecule has 1 aliphatic heterocycles. The summed E-state index contributed by atoms with van der Waals surface area (Å²) in [4.78, 5) is 21.5. The number of hydrogen-bond donors (Lipinski definition) is 1. The predicted octanol–water partition coefficient (Wildman–Crippen LogP) is 1.65. The number of allylic oxidation sites excluding steroid dienone is 1. The highest BCUT2D eigenvalue weighted by Gasteiger charge is 2.14. The highest BCUT2D eigenvalue weighted by Crippen LogP contribution is 2.26. The third-order valence-electron chi connectivity index (χ3n) is 2.25. The van der Waals surface area contributed by atoms with Crippen LogP contribution in [-0.4, -0.2) is 17.0 Å². The second-order valence-electron chi connectivity index (χ2n) is 3.58. The molecular formula is C13H10O5. The van der Waals surface area contributed by atoms with Gasteiger partial charge in [0.1, 0.15) is 17.8 Å². The van der Waals surface area contributed by atoms with Gasteiger partial charge in [0.15, 0.2) is 0 Å². The molecule has 1 aliphatic rings. The number of ether oxygens (including phenoxy) is 2. The Bertz CT molecular complexity index is 542. The number of fused-ring (bicyclic) bond motifs is 1. The Morgan fingerprint density at radius 2 is 2.06 bits per heavy atom. The van der Waals surface area contributed by atoms with Crippen molar-refractivity contribution in [1.29, 1.82) is 0 Å². The lowest BCUT2D eigenvalue weighted by atomic mass is 10.1. The maximum atomic E-state index is 11.3. The summed E-state index contributed by atoms with van der Waals surface area (Å²) in [6.45, 7) is 0. The third kappa shape index (κ3) is 2.98. The highest BCUT2D eigenvalue weighted by molar-refractivity contribution is 5.91. The van der Waals surface area contributed by atoms with E-state index in [2.05, 4.69) is 0 Å². The van der Waals surface area contributed by atoms with E-state index in [-0.39, 0.29) is 0 Å². The van der Waals surface area contributed by atoms with E-state index >= 15 is 0 Å². The number of aliphatic carboxylic acids is 1. The van der Waals surface area contributed by atoms with Gasteiger partial charge in [-0.2, -0.15) is 0 Å². The van der Waals surface area contributed by atoms with Crippen LogP contribution < -0.4 is 4.74 Å². The normalized spacial score (nSPS) is 13.4. The Kier molecular flexibility index (Phi) is 3.43. The van der Waals surface area contributed by atoms with Crippen LogP contribution in [0.5, 0.6) is 5.75 Å². The molecule has 0 aliphatic carbocycles. The van der Waals surface area contributed by atoms with Crippen molar-refractivity contribution in [2.45, 2.75) is 6.42 Å². The standard InChI is InChI=1S/C13H10O5/c14-12(15)5-6-13(16)18-10-7-9-3-1-2-4-11(9)17-8-10/h1-6,8H,7H2,(H,14,15). The van der Waals surface area contributed by atoms with Crippen LogP contribution in [0.2, 0.25) is 0 Å². The lowest BCUT2D eigenvalue weighted by Gasteiger charge is -2.15. The molecule has 0 spiro atoms. The van der Waals surface area contributed by atoms with Crippen molar-refractivity contribution in [3.05, 3.63) is 54.0 Å². The first-order chi connectivity index (χ1) is 8.65. The summed E-state index contributed by atoms with van der Waals surface area (Å²) in [7, 11) is 0. The zero-order valence-electron chi connectivity index (χ0n) is 9.33. The van der Waals surface area contributed by atoms with E-state index in [0.29, 0.717) is 12.2 Å². The van der Waals surface area contributed by atoms with E-state index in [4.69, 9.17) is 14.6 Å². The van der Waals surface area contributed by atoms with Crippen LogP contribution in [0.25, 0.3) is 0 Å². The second-order valence-corrected chi connectivity index (χ2v) is 3.58. The number of carbonyl (C=O) groups excluding carboxylic acids is 1. The third-order valence-corrected chi connectivity index (χ3v) is 2.25. The number of carboxylic acids is 1. The molecule has 0 fully saturated rings. The van der Waals surface area contributed by atoms with Crippen molar-refractivity contribution < 1.29 is 24.2 Å². The minimum absolute atomic E-state index is 0.341. The zero-order valence-corrected chi connectivity index (χ0v) is 9.33. The molecule has 5 heteroatoms. The molecule has 0 aromatic heterocycles. The molecule has 92 valence electrons. The minimum Gasteiger partial charge on any atom is -0.478 e. The molecular weight excluding hydrogens is 236 g/mol.